The van der Waals surface area contributed by atoms with Gasteiger partial charge < -0.3 is 15.7 Å². The van der Waals surface area contributed by atoms with E-state index in [-0.39, 0.29) is 17.9 Å². The lowest BCUT2D eigenvalue weighted by molar-refractivity contribution is -0.135. The molecule has 0 rings (SSSR count). The summed E-state index contributed by atoms with van der Waals surface area (Å²) in [6.07, 6.45) is -0.491. The molecule has 1 amide bonds. The molecular weight excluding hydrogens is 168 g/mol. The molecule has 0 aromatic heterocycles. The summed E-state index contributed by atoms with van der Waals surface area (Å²) in [7, 11) is 1.67. The summed E-state index contributed by atoms with van der Waals surface area (Å²) >= 11 is 0. The number of nitrogens with two attached hydrogens (primary N) is 1. The topological polar surface area (TPSA) is 66.6 Å². The SMILES string of the molecule is CC(O)CN(C)C(=O)C(C)C(C)N. The minimum atomic E-state index is -0.491. The third-order valence-corrected chi connectivity index (χ3v) is 2.09. The molecule has 0 bridgehead atoms. The predicted octanol–water partition coefficient (Wildman–Crippen LogP) is -0.191. The van der Waals surface area contributed by atoms with Crippen molar-refractivity contribution in [1.82, 2.24) is 4.90 Å². The molecule has 0 aliphatic carbocycles. The Morgan fingerprint density at radius 2 is 1.92 bits per heavy atom. The van der Waals surface area contributed by atoms with Gasteiger partial charge in [0, 0.05) is 19.6 Å². The van der Waals surface area contributed by atoms with Crippen molar-refractivity contribution in [3.05, 3.63) is 0 Å². The highest BCUT2D eigenvalue weighted by molar-refractivity contribution is 5.78. The highest BCUT2D eigenvalue weighted by Crippen LogP contribution is 2.04. The van der Waals surface area contributed by atoms with Crippen LogP contribution in [0.4, 0.5) is 0 Å². The van der Waals surface area contributed by atoms with Gasteiger partial charge in [0.15, 0.2) is 0 Å². The number of carbonyl (C=O) groups is 1. The van der Waals surface area contributed by atoms with E-state index < -0.39 is 6.10 Å². The van der Waals surface area contributed by atoms with Crippen LogP contribution in [0.25, 0.3) is 0 Å². The van der Waals surface area contributed by atoms with Crippen LogP contribution in [0.5, 0.6) is 0 Å². The first-order valence-corrected chi connectivity index (χ1v) is 4.55. The number of aliphatic hydroxyl groups is 1. The normalized spacial score (nSPS) is 17.7. The average molecular weight is 188 g/mol. The fourth-order valence-electron chi connectivity index (χ4n) is 1.06. The van der Waals surface area contributed by atoms with Gasteiger partial charge in [0.25, 0.3) is 0 Å². The van der Waals surface area contributed by atoms with Crippen molar-refractivity contribution >= 4 is 5.91 Å². The average Bonchev–Trinajstić information content (AvgIpc) is 2.00. The van der Waals surface area contributed by atoms with Gasteiger partial charge >= 0.3 is 0 Å². The zero-order valence-corrected chi connectivity index (χ0v) is 8.82. The molecule has 3 atom stereocenters. The van der Waals surface area contributed by atoms with Crippen LogP contribution < -0.4 is 5.73 Å². The first-order chi connectivity index (χ1) is 5.86. The van der Waals surface area contributed by atoms with Crippen molar-refractivity contribution in [3.63, 3.8) is 0 Å². The first kappa shape index (κ1) is 12.4. The maximum absolute atomic E-state index is 11.6. The molecule has 0 saturated heterocycles. The Morgan fingerprint density at radius 1 is 1.46 bits per heavy atom. The molecule has 4 nitrogen and oxygen atoms in total. The summed E-state index contributed by atoms with van der Waals surface area (Å²) in [5.41, 5.74) is 5.60. The molecule has 0 spiro atoms. The maximum Gasteiger partial charge on any atom is 0.226 e. The fourth-order valence-corrected chi connectivity index (χ4v) is 1.06. The van der Waals surface area contributed by atoms with Crippen molar-refractivity contribution in [2.24, 2.45) is 11.7 Å². The van der Waals surface area contributed by atoms with Gasteiger partial charge in [0.1, 0.15) is 0 Å². The van der Waals surface area contributed by atoms with E-state index >= 15 is 0 Å². The van der Waals surface area contributed by atoms with E-state index in [0.717, 1.165) is 0 Å². The summed E-state index contributed by atoms with van der Waals surface area (Å²) in [4.78, 5) is 13.1. The standard InChI is InChI=1S/C9H20N2O2/c1-6(12)5-11(4)9(13)7(2)8(3)10/h6-8,12H,5,10H2,1-4H3. The largest absolute Gasteiger partial charge is 0.392 e. The molecule has 0 radical (unpaired) electrons. The molecule has 3 unspecified atom stereocenters. The van der Waals surface area contributed by atoms with Crippen molar-refractivity contribution in [1.29, 1.82) is 0 Å². The monoisotopic (exact) mass is 188 g/mol. The highest BCUT2D eigenvalue weighted by atomic mass is 16.3. The molecule has 0 aromatic rings. The molecule has 0 aromatic carbocycles. The number of amides is 1. The van der Waals surface area contributed by atoms with Gasteiger partial charge in [-0.1, -0.05) is 6.92 Å². The molecule has 78 valence electrons. The van der Waals surface area contributed by atoms with Gasteiger partial charge in [-0.25, -0.2) is 0 Å². The number of hydrogen-bond acceptors (Lipinski definition) is 3. The van der Waals surface area contributed by atoms with Gasteiger partial charge in [-0.15, -0.1) is 0 Å². The zero-order valence-electron chi connectivity index (χ0n) is 8.82. The van der Waals surface area contributed by atoms with Gasteiger partial charge in [0.05, 0.1) is 12.0 Å². The van der Waals surface area contributed by atoms with E-state index in [1.165, 1.54) is 4.90 Å². The lowest BCUT2D eigenvalue weighted by Gasteiger charge is -2.24. The van der Waals surface area contributed by atoms with Crippen LogP contribution in [0.15, 0.2) is 0 Å². The Morgan fingerprint density at radius 3 is 2.23 bits per heavy atom. The molecule has 3 N–H and O–H groups in total. The zero-order chi connectivity index (χ0) is 10.6. The fraction of sp³-hybridized carbons (Fsp3) is 0.889. The lowest BCUT2D eigenvalue weighted by Crippen LogP contribution is -2.42. The predicted molar refractivity (Wildman–Crippen MR) is 52.1 cm³/mol. The Kier molecular flexibility index (Phi) is 4.95. The molecule has 0 aliphatic rings. The minimum absolute atomic E-state index is 0.0177. The second-order valence-corrected chi connectivity index (χ2v) is 3.72. The number of likely N-dealkylation sites (N-methyl/N-ethyl adjacent to an activating group) is 1. The van der Waals surface area contributed by atoms with E-state index in [9.17, 15) is 4.79 Å². The Labute approximate surface area is 79.7 Å². The number of aliphatic hydroxyl groups excluding tert-OH is 1. The molecule has 0 fully saturated rings. The van der Waals surface area contributed by atoms with Gasteiger partial charge in [0.2, 0.25) is 5.91 Å². The second kappa shape index (κ2) is 5.19. The third-order valence-electron chi connectivity index (χ3n) is 2.09. The Balaban J connectivity index is 4.09. The van der Waals surface area contributed by atoms with Crippen LogP contribution in [-0.2, 0) is 4.79 Å². The van der Waals surface area contributed by atoms with Crippen LogP contribution in [0.2, 0.25) is 0 Å². The summed E-state index contributed by atoms with van der Waals surface area (Å²) < 4.78 is 0. The quantitative estimate of drug-likeness (QED) is 0.642. The Hall–Kier alpha value is -0.610. The van der Waals surface area contributed by atoms with E-state index in [1.54, 1.807) is 27.8 Å². The van der Waals surface area contributed by atoms with Gasteiger partial charge in [-0.2, -0.15) is 0 Å². The van der Waals surface area contributed by atoms with Crippen LogP contribution in [0.3, 0.4) is 0 Å². The molecular formula is C9H20N2O2. The summed E-state index contributed by atoms with van der Waals surface area (Å²) in [5, 5.41) is 9.07. The van der Waals surface area contributed by atoms with Crippen LogP contribution in [0.1, 0.15) is 20.8 Å². The third kappa shape index (κ3) is 4.24. The van der Waals surface area contributed by atoms with Gasteiger partial charge in [-0.3, -0.25) is 4.79 Å². The minimum Gasteiger partial charge on any atom is -0.392 e. The van der Waals surface area contributed by atoms with Gasteiger partial charge in [-0.05, 0) is 13.8 Å². The number of hydrogen-bond donors (Lipinski definition) is 2. The van der Waals surface area contributed by atoms with Crippen LogP contribution in [-0.4, -0.2) is 41.7 Å². The number of carbonyl (C=O) groups excluding carboxylic acids is 1. The summed E-state index contributed by atoms with van der Waals surface area (Å²) in [6.45, 7) is 5.61. The van der Waals surface area contributed by atoms with E-state index in [1.807, 2.05) is 0 Å². The van der Waals surface area contributed by atoms with Crippen LogP contribution >= 0.6 is 0 Å². The van der Waals surface area contributed by atoms with Crippen molar-refractivity contribution in [2.45, 2.75) is 32.9 Å². The van der Waals surface area contributed by atoms with E-state index in [2.05, 4.69) is 0 Å². The smallest absolute Gasteiger partial charge is 0.226 e. The van der Waals surface area contributed by atoms with E-state index in [4.69, 9.17) is 10.8 Å². The maximum atomic E-state index is 11.6. The highest BCUT2D eigenvalue weighted by Gasteiger charge is 2.21. The number of nitrogens with zero attached hydrogens (tertiary/aromatic N) is 1. The Bertz CT molecular complexity index is 169. The molecule has 4 heteroatoms. The summed E-state index contributed by atoms with van der Waals surface area (Å²) in [6, 6.07) is -0.149. The number of rotatable bonds is 4. The molecule has 0 saturated carbocycles. The van der Waals surface area contributed by atoms with Crippen molar-refractivity contribution < 1.29 is 9.90 Å². The molecule has 0 heterocycles. The van der Waals surface area contributed by atoms with Crippen molar-refractivity contribution in [3.8, 4) is 0 Å². The van der Waals surface area contributed by atoms with E-state index in [0.29, 0.717) is 6.54 Å². The summed E-state index contributed by atoms with van der Waals surface area (Å²) in [5.74, 6) is -0.209. The van der Waals surface area contributed by atoms with Crippen molar-refractivity contribution in [2.75, 3.05) is 13.6 Å². The lowest BCUT2D eigenvalue weighted by atomic mass is 10.0. The molecule has 0 aliphatic heterocycles. The molecule has 13 heavy (non-hydrogen) atoms. The first-order valence-electron chi connectivity index (χ1n) is 4.55. The second-order valence-electron chi connectivity index (χ2n) is 3.72. The van der Waals surface area contributed by atoms with Crippen LogP contribution in [0, 0.1) is 5.92 Å².